The molecule has 19 heavy (non-hydrogen) atoms. The molecule has 0 aliphatic carbocycles. The molecule has 0 bridgehead atoms. The van der Waals surface area contributed by atoms with E-state index in [0.29, 0.717) is 18.3 Å². The van der Waals surface area contributed by atoms with Gasteiger partial charge in [-0.25, -0.2) is 0 Å². The maximum atomic E-state index is 9.96. The summed E-state index contributed by atoms with van der Waals surface area (Å²) in [7, 11) is 0. The lowest BCUT2D eigenvalue weighted by atomic mass is 10.0. The molecule has 0 aliphatic heterocycles. The normalized spacial score (nSPS) is 10.7. The van der Waals surface area contributed by atoms with Crippen molar-refractivity contribution < 1.29 is 9.84 Å². The second kappa shape index (κ2) is 6.28. The van der Waals surface area contributed by atoms with Crippen LogP contribution in [0.15, 0.2) is 48.5 Å². The molecule has 2 heteroatoms. The molecular weight excluding hydrogens is 236 g/mol. The number of benzene rings is 2. The summed E-state index contributed by atoms with van der Waals surface area (Å²) in [5.41, 5.74) is 2.23. The molecular formula is C17H20O2. The van der Waals surface area contributed by atoms with Gasteiger partial charge in [-0.15, -0.1) is 0 Å². The van der Waals surface area contributed by atoms with Crippen LogP contribution in [0, 0.1) is 5.92 Å². The van der Waals surface area contributed by atoms with Gasteiger partial charge < -0.3 is 9.84 Å². The highest BCUT2D eigenvalue weighted by Gasteiger charge is 2.10. The molecule has 100 valence electrons. The van der Waals surface area contributed by atoms with Crippen molar-refractivity contribution in [2.45, 2.75) is 20.3 Å². The minimum Gasteiger partial charge on any atom is -0.504 e. The molecule has 2 aromatic carbocycles. The van der Waals surface area contributed by atoms with Gasteiger partial charge in [0.2, 0.25) is 0 Å². The third-order valence-electron chi connectivity index (χ3n) is 2.87. The summed E-state index contributed by atoms with van der Waals surface area (Å²) < 4.78 is 5.75. The van der Waals surface area contributed by atoms with Gasteiger partial charge in [0.1, 0.15) is 0 Å². The molecule has 0 radical (unpaired) electrons. The van der Waals surface area contributed by atoms with Crippen LogP contribution < -0.4 is 4.74 Å². The van der Waals surface area contributed by atoms with Crippen molar-refractivity contribution in [3.63, 3.8) is 0 Å². The van der Waals surface area contributed by atoms with E-state index >= 15 is 0 Å². The summed E-state index contributed by atoms with van der Waals surface area (Å²) in [6, 6.07) is 15.7. The molecule has 2 rings (SSSR count). The van der Waals surface area contributed by atoms with Crippen molar-refractivity contribution in [3.05, 3.63) is 59.7 Å². The first-order chi connectivity index (χ1) is 9.16. The van der Waals surface area contributed by atoms with Crippen molar-refractivity contribution in [2.24, 2.45) is 5.92 Å². The number of aromatic hydroxyl groups is 1. The van der Waals surface area contributed by atoms with Crippen LogP contribution in [-0.4, -0.2) is 11.7 Å². The van der Waals surface area contributed by atoms with Gasteiger partial charge in [0, 0.05) is 12.0 Å². The first-order valence-electron chi connectivity index (χ1n) is 6.64. The molecule has 2 aromatic rings. The Kier molecular flexibility index (Phi) is 4.45. The van der Waals surface area contributed by atoms with Gasteiger partial charge >= 0.3 is 0 Å². The van der Waals surface area contributed by atoms with Gasteiger partial charge in [0.25, 0.3) is 0 Å². The van der Waals surface area contributed by atoms with Crippen LogP contribution in [0.4, 0.5) is 0 Å². The minimum atomic E-state index is 0.217. The zero-order chi connectivity index (χ0) is 13.7. The maximum absolute atomic E-state index is 9.96. The van der Waals surface area contributed by atoms with Crippen molar-refractivity contribution in [1.29, 1.82) is 0 Å². The third kappa shape index (κ3) is 3.75. The van der Waals surface area contributed by atoms with Crippen molar-refractivity contribution in [1.82, 2.24) is 0 Å². The molecule has 0 fully saturated rings. The van der Waals surface area contributed by atoms with Crippen LogP contribution in [0.2, 0.25) is 0 Å². The first-order valence-corrected chi connectivity index (χ1v) is 6.64. The van der Waals surface area contributed by atoms with Crippen molar-refractivity contribution >= 4 is 0 Å². The number of hydrogen-bond acceptors (Lipinski definition) is 2. The highest BCUT2D eigenvalue weighted by Crippen LogP contribution is 2.31. The SMILES string of the molecule is CC(C)COc1c(O)cccc1Cc1ccccc1. The highest BCUT2D eigenvalue weighted by atomic mass is 16.5. The molecule has 0 heterocycles. The molecule has 0 saturated heterocycles. The van der Waals surface area contributed by atoms with Crippen molar-refractivity contribution in [2.75, 3.05) is 6.61 Å². The average molecular weight is 256 g/mol. The number of para-hydroxylation sites is 1. The Hall–Kier alpha value is -1.96. The molecule has 0 aliphatic rings. The van der Waals surface area contributed by atoms with Gasteiger partial charge in [0.15, 0.2) is 11.5 Å². The smallest absolute Gasteiger partial charge is 0.164 e. The van der Waals surface area contributed by atoms with Crippen molar-refractivity contribution in [3.8, 4) is 11.5 Å². The Labute approximate surface area is 114 Å². The fourth-order valence-corrected chi connectivity index (χ4v) is 1.94. The minimum absolute atomic E-state index is 0.217. The Morgan fingerprint density at radius 3 is 2.42 bits per heavy atom. The van der Waals surface area contributed by atoms with E-state index in [-0.39, 0.29) is 5.75 Å². The van der Waals surface area contributed by atoms with Crippen LogP contribution >= 0.6 is 0 Å². The van der Waals surface area contributed by atoms with E-state index in [1.807, 2.05) is 30.3 Å². The van der Waals surface area contributed by atoms with E-state index in [2.05, 4.69) is 26.0 Å². The molecule has 2 nitrogen and oxygen atoms in total. The topological polar surface area (TPSA) is 29.5 Å². The van der Waals surface area contributed by atoms with E-state index < -0.39 is 0 Å². The van der Waals surface area contributed by atoms with Crippen LogP contribution in [0.1, 0.15) is 25.0 Å². The molecule has 0 aromatic heterocycles. The van der Waals surface area contributed by atoms with Gasteiger partial charge in [-0.2, -0.15) is 0 Å². The summed E-state index contributed by atoms with van der Waals surface area (Å²) in [6.07, 6.45) is 0.767. The van der Waals surface area contributed by atoms with E-state index in [0.717, 1.165) is 12.0 Å². The summed E-state index contributed by atoms with van der Waals surface area (Å²) in [5, 5.41) is 9.96. The lowest BCUT2D eigenvalue weighted by Gasteiger charge is -2.14. The van der Waals surface area contributed by atoms with E-state index in [1.165, 1.54) is 5.56 Å². The standard InChI is InChI=1S/C17H20O2/c1-13(2)12-19-17-15(9-6-10-16(17)18)11-14-7-4-3-5-8-14/h3-10,13,18H,11-12H2,1-2H3. The van der Waals surface area contributed by atoms with Crippen LogP contribution in [0.3, 0.4) is 0 Å². The summed E-state index contributed by atoms with van der Waals surface area (Å²) in [4.78, 5) is 0. The Morgan fingerprint density at radius 2 is 1.74 bits per heavy atom. The fourth-order valence-electron chi connectivity index (χ4n) is 1.94. The lowest BCUT2D eigenvalue weighted by Crippen LogP contribution is -2.06. The van der Waals surface area contributed by atoms with Crippen LogP contribution in [-0.2, 0) is 6.42 Å². The number of ether oxygens (including phenoxy) is 1. The molecule has 1 N–H and O–H groups in total. The molecule has 0 atom stereocenters. The third-order valence-corrected chi connectivity index (χ3v) is 2.87. The number of hydrogen-bond donors (Lipinski definition) is 1. The number of phenols is 1. The largest absolute Gasteiger partial charge is 0.504 e. The quantitative estimate of drug-likeness (QED) is 0.875. The summed E-state index contributed by atoms with van der Waals surface area (Å²) >= 11 is 0. The predicted octanol–water partition coefficient (Wildman–Crippen LogP) is 4.02. The Bertz CT molecular complexity index is 518. The first kappa shape index (κ1) is 13.5. The van der Waals surface area contributed by atoms with E-state index in [1.54, 1.807) is 6.07 Å². The lowest BCUT2D eigenvalue weighted by molar-refractivity contribution is 0.257. The van der Waals surface area contributed by atoms with Crippen LogP contribution in [0.25, 0.3) is 0 Å². The average Bonchev–Trinajstić information content (AvgIpc) is 2.39. The maximum Gasteiger partial charge on any atom is 0.164 e. The highest BCUT2D eigenvalue weighted by molar-refractivity contribution is 5.47. The monoisotopic (exact) mass is 256 g/mol. The van der Waals surface area contributed by atoms with E-state index in [4.69, 9.17) is 4.74 Å². The Morgan fingerprint density at radius 1 is 1.00 bits per heavy atom. The predicted molar refractivity (Wildman–Crippen MR) is 77.7 cm³/mol. The van der Waals surface area contributed by atoms with Gasteiger partial charge in [-0.05, 0) is 17.5 Å². The molecule has 0 unspecified atom stereocenters. The van der Waals surface area contributed by atoms with Gasteiger partial charge in [-0.1, -0.05) is 56.3 Å². The number of rotatable bonds is 5. The zero-order valence-corrected chi connectivity index (χ0v) is 11.5. The molecule has 0 spiro atoms. The second-order valence-electron chi connectivity index (χ2n) is 5.13. The zero-order valence-electron chi connectivity index (χ0n) is 11.5. The second-order valence-corrected chi connectivity index (χ2v) is 5.13. The summed E-state index contributed by atoms with van der Waals surface area (Å²) in [5.74, 6) is 1.26. The fraction of sp³-hybridized carbons (Fsp3) is 0.294. The van der Waals surface area contributed by atoms with E-state index in [9.17, 15) is 5.11 Å². The van der Waals surface area contributed by atoms with Crippen LogP contribution in [0.5, 0.6) is 11.5 Å². The summed E-state index contributed by atoms with van der Waals surface area (Å²) in [6.45, 7) is 4.80. The van der Waals surface area contributed by atoms with Gasteiger partial charge in [0.05, 0.1) is 6.61 Å². The molecule has 0 amide bonds. The Balaban J connectivity index is 2.22. The number of phenolic OH excluding ortho intramolecular Hbond substituents is 1. The molecule has 0 saturated carbocycles. The van der Waals surface area contributed by atoms with Gasteiger partial charge in [-0.3, -0.25) is 0 Å².